The highest BCUT2D eigenvalue weighted by atomic mass is 35.5. The molecule has 1 aliphatic rings. The van der Waals surface area contributed by atoms with Gasteiger partial charge in [0.25, 0.3) is 0 Å². The van der Waals surface area contributed by atoms with Crippen molar-refractivity contribution in [2.24, 2.45) is 5.73 Å². The van der Waals surface area contributed by atoms with Gasteiger partial charge in [-0.15, -0.1) is 12.4 Å². The van der Waals surface area contributed by atoms with Gasteiger partial charge in [-0.2, -0.15) is 0 Å². The highest BCUT2D eigenvalue weighted by molar-refractivity contribution is 5.86. The highest BCUT2D eigenvalue weighted by Crippen LogP contribution is 2.34. The van der Waals surface area contributed by atoms with Crippen molar-refractivity contribution in [3.8, 4) is 0 Å². The Balaban J connectivity index is 0.00000169. The molecule has 1 heterocycles. The molecule has 3 aromatic rings. The van der Waals surface area contributed by atoms with E-state index in [1.807, 2.05) is 0 Å². The number of halogens is 1. The fourth-order valence-electron chi connectivity index (χ4n) is 3.84. The van der Waals surface area contributed by atoms with Crippen LogP contribution in [0.25, 0.3) is 10.9 Å². The van der Waals surface area contributed by atoms with Gasteiger partial charge in [0.2, 0.25) is 0 Å². The van der Waals surface area contributed by atoms with Gasteiger partial charge in [0.05, 0.1) is 0 Å². The first-order valence-corrected chi connectivity index (χ1v) is 8.74. The third-order valence-corrected chi connectivity index (χ3v) is 5.09. The van der Waals surface area contributed by atoms with E-state index in [0.29, 0.717) is 0 Å². The largest absolute Gasteiger partial charge is 0.357 e. The zero-order valence-corrected chi connectivity index (χ0v) is 14.7. The van der Waals surface area contributed by atoms with Crippen LogP contribution < -0.4 is 5.73 Å². The maximum Gasteiger partial charge on any atom is 0.0459 e. The second kappa shape index (κ2) is 7.42. The molecule has 0 aliphatic heterocycles. The summed E-state index contributed by atoms with van der Waals surface area (Å²) in [6.45, 7) is 0. The van der Waals surface area contributed by atoms with Crippen LogP contribution in [0.2, 0.25) is 0 Å². The summed E-state index contributed by atoms with van der Waals surface area (Å²) in [5.41, 5.74) is 13.1. The van der Waals surface area contributed by atoms with Crippen LogP contribution in [0.1, 0.15) is 47.7 Å². The fraction of sp³-hybridized carbons (Fsp3) is 0.333. The van der Waals surface area contributed by atoms with Gasteiger partial charge in [-0.25, -0.2) is 0 Å². The molecule has 126 valence electrons. The van der Waals surface area contributed by atoms with Gasteiger partial charge in [0.15, 0.2) is 0 Å². The van der Waals surface area contributed by atoms with Gasteiger partial charge in [0.1, 0.15) is 0 Å². The number of aromatic nitrogens is 1. The molecule has 1 unspecified atom stereocenters. The number of nitrogens with two attached hydrogens (primary N) is 1. The molecule has 1 aromatic heterocycles. The lowest BCUT2D eigenvalue weighted by Gasteiger charge is -2.18. The zero-order chi connectivity index (χ0) is 15.6. The third kappa shape index (κ3) is 3.35. The molecule has 3 N–H and O–H groups in total. The zero-order valence-electron chi connectivity index (χ0n) is 13.9. The van der Waals surface area contributed by atoms with Gasteiger partial charge < -0.3 is 10.7 Å². The van der Waals surface area contributed by atoms with Crippen molar-refractivity contribution in [1.82, 2.24) is 4.98 Å². The number of benzene rings is 2. The number of rotatable bonds is 4. The predicted molar refractivity (Wildman–Crippen MR) is 104 cm³/mol. The topological polar surface area (TPSA) is 41.8 Å². The second-order valence-electron chi connectivity index (χ2n) is 6.74. The molecule has 24 heavy (non-hydrogen) atoms. The maximum atomic E-state index is 6.26. The van der Waals surface area contributed by atoms with Gasteiger partial charge in [-0.1, -0.05) is 36.4 Å². The van der Waals surface area contributed by atoms with Crippen LogP contribution in [0.4, 0.5) is 0 Å². The van der Waals surface area contributed by atoms with E-state index in [4.69, 9.17) is 5.73 Å². The first kappa shape index (κ1) is 17.1. The Labute approximate surface area is 149 Å². The number of nitrogens with one attached hydrogen (secondary N) is 1. The van der Waals surface area contributed by atoms with Crippen LogP contribution >= 0.6 is 12.4 Å². The van der Waals surface area contributed by atoms with Crippen LogP contribution in [0.3, 0.4) is 0 Å². The Morgan fingerprint density at radius 3 is 2.62 bits per heavy atom. The van der Waals surface area contributed by atoms with E-state index in [2.05, 4.69) is 53.5 Å². The van der Waals surface area contributed by atoms with Crippen LogP contribution in [-0.2, 0) is 19.3 Å². The lowest BCUT2D eigenvalue weighted by atomic mass is 9.91. The monoisotopic (exact) mass is 340 g/mol. The molecule has 2 nitrogen and oxygen atoms in total. The minimum absolute atomic E-state index is 0. The number of hydrogen-bond donors (Lipinski definition) is 2. The predicted octanol–water partition coefficient (Wildman–Crippen LogP) is 5.10. The van der Waals surface area contributed by atoms with E-state index in [0.717, 1.165) is 25.7 Å². The number of fused-ring (bicyclic) bond motifs is 3. The summed E-state index contributed by atoms with van der Waals surface area (Å²) in [5.74, 6) is 0. The lowest BCUT2D eigenvalue weighted by Crippen LogP contribution is -2.16. The van der Waals surface area contributed by atoms with E-state index in [1.165, 1.54) is 46.1 Å². The van der Waals surface area contributed by atoms with Crippen LogP contribution in [-0.4, -0.2) is 4.98 Å². The van der Waals surface area contributed by atoms with Crippen LogP contribution in [0.15, 0.2) is 48.5 Å². The maximum absolute atomic E-state index is 6.26. The van der Waals surface area contributed by atoms with E-state index in [9.17, 15) is 0 Å². The SMILES string of the molecule is Cl.NC1CCCc2c1[nH]c1ccc(CCCc3ccccc3)cc21. The number of hydrogen-bond acceptors (Lipinski definition) is 1. The molecule has 0 bridgehead atoms. The third-order valence-electron chi connectivity index (χ3n) is 5.09. The minimum Gasteiger partial charge on any atom is -0.357 e. The molecule has 0 spiro atoms. The molecular formula is C21H25ClN2. The van der Waals surface area contributed by atoms with Crippen molar-refractivity contribution < 1.29 is 0 Å². The summed E-state index contributed by atoms with van der Waals surface area (Å²) >= 11 is 0. The normalized spacial score (nSPS) is 16.6. The van der Waals surface area contributed by atoms with Crippen molar-refractivity contribution in [3.63, 3.8) is 0 Å². The van der Waals surface area contributed by atoms with Gasteiger partial charge >= 0.3 is 0 Å². The molecule has 0 saturated heterocycles. The van der Waals surface area contributed by atoms with Crippen LogP contribution in [0, 0.1) is 0 Å². The highest BCUT2D eigenvalue weighted by Gasteiger charge is 2.21. The summed E-state index contributed by atoms with van der Waals surface area (Å²) in [4.78, 5) is 3.55. The van der Waals surface area contributed by atoms with Gasteiger partial charge in [-0.05, 0) is 67.3 Å². The van der Waals surface area contributed by atoms with Crippen molar-refractivity contribution >= 4 is 23.3 Å². The van der Waals surface area contributed by atoms with E-state index < -0.39 is 0 Å². The summed E-state index contributed by atoms with van der Waals surface area (Å²) in [5, 5.41) is 1.40. The van der Waals surface area contributed by atoms with Crippen molar-refractivity contribution in [3.05, 3.63) is 70.9 Å². The van der Waals surface area contributed by atoms with E-state index >= 15 is 0 Å². The first-order chi connectivity index (χ1) is 11.3. The van der Waals surface area contributed by atoms with Crippen molar-refractivity contribution in [2.75, 3.05) is 0 Å². The number of aryl methyl sites for hydroxylation is 3. The minimum atomic E-state index is 0. The summed E-state index contributed by atoms with van der Waals surface area (Å²) < 4.78 is 0. The molecule has 4 rings (SSSR count). The Bertz CT molecular complexity index is 807. The summed E-state index contributed by atoms with van der Waals surface area (Å²) in [6, 6.07) is 17.8. The van der Waals surface area contributed by atoms with Crippen molar-refractivity contribution in [1.29, 1.82) is 0 Å². The Hall–Kier alpha value is -1.77. The molecule has 0 radical (unpaired) electrons. The quantitative estimate of drug-likeness (QED) is 0.681. The Kier molecular flexibility index (Phi) is 5.27. The molecule has 1 aliphatic carbocycles. The van der Waals surface area contributed by atoms with Gasteiger partial charge in [-0.3, -0.25) is 0 Å². The van der Waals surface area contributed by atoms with Crippen molar-refractivity contribution in [2.45, 2.75) is 44.6 Å². The van der Waals surface area contributed by atoms with E-state index in [-0.39, 0.29) is 18.4 Å². The Morgan fingerprint density at radius 2 is 1.79 bits per heavy atom. The molecule has 3 heteroatoms. The molecular weight excluding hydrogens is 316 g/mol. The van der Waals surface area contributed by atoms with E-state index in [1.54, 1.807) is 0 Å². The van der Waals surface area contributed by atoms with Crippen LogP contribution in [0.5, 0.6) is 0 Å². The Morgan fingerprint density at radius 1 is 1.00 bits per heavy atom. The molecule has 0 saturated carbocycles. The first-order valence-electron chi connectivity index (χ1n) is 8.74. The smallest absolute Gasteiger partial charge is 0.0459 e. The fourth-order valence-corrected chi connectivity index (χ4v) is 3.84. The molecule has 0 amide bonds. The molecule has 1 atom stereocenters. The second-order valence-corrected chi connectivity index (χ2v) is 6.74. The summed E-state index contributed by atoms with van der Waals surface area (Å²) in [7, 11) is 0. The molecule has 2 aromatic carbocycles. The standard InChI is InChI=1S/C21H24N2.ClH/c22-19-11-5-10-17-18-14-16(12-13-20(18)23-21(17)19)9-4-8-15-6-2-1-3-7-15;/h1-3,6-7,12-14,19,23H,4-5,8-11,22H2;1H. The number of aromatic amines is 1. The summed E-state index contributed by atoms with van der Waals surface area (Å²) in [6.07, 6.45) is 6.95. The lowest BCUT2D eigenvalue weighted by molar-refractivity contribution is 0.562. The molecule has 0 fully saturated rings. The average molecular weight is 341 g/mol. The number of H-pyrrole nitrogens is 1. The van der Waals surface area contributed by atoms with Gasteiger partial charge in [0, 0.05) is 22.6 Å². The average Bonchev–Trinajstić information content (AvgIpc) is 2.96.